The minimum absolute atomic E-state index is 0.0833. The first-order valence-electron chi connectivity index (χ1n) is 8.07. The molecule has 0 spiro atoms. The number of benzene rings is 1. The molecule has 0 aromatic heterocycles. The van der Waals surface area contributed by atoms with Gasteiger partial charge in [-0.3, -0.25) is 4.90 Å². The second-order valence-electron chi connectivity index (χ2n) is 7.05. The van der Waals surface area contributed by atoms with Gasteiger partial charge < -0.3 is 21.5 Å². The van der Waals surface area contributed by atoms with Crippen LogP contribution >= 0.6 is 0 Å². The number of nitrogen functional groups attached to an aromatic ring is 1. The van der Waals surface area contributed by atoms with Gasteiger partial charge in [-0.15, -0.1) is 0 Å². The Morgan fingerprint density at radius 3 is 2.83 bits per heavy atom. The van der Waals surface area contributed by atoms with E-state index in [9.17, 15) is 4.79 Å². The Morgan fingerprint density at radius 2 is 2.22 bits per heavy atom. The molecule has 0 saturated carbocycles. The van der Waals surface area contributed by atoms with Crippen LogP contribution in [-0.4, -0.2) is 42.3 Å². The van der Waals surface area contributed by atoms with Crippen LogP contribution in [0.15, 0.2) is 24.3 Å². The molecule has 1 fully saturated rings. The zero-order chi connectivity index (χ0) is 17.0. The largest absolute Gasteiger partial charge is 0.444 e. The zero-order valence-electron chi connectivity index (χ0n) is 14.2. The molecule has 128 valence electrons. The van der Waals surface area contributed by atoms with Crippen molar-refractivity contribution >= 4 is 11.8 Å². The third-order valence-electron chi connectivity index (χ3n) is 3.90. The van der Waals surface area contributed by atoms with E-state index in [1.807, 2.05) is 45.0 Å². The van der Waals surface area contributed by atoms with Crippen molar-refractivity contribution in [2.45, 2.75) is 44.9 Å². The van der Waals surface area contributed by atoms with E-state index in [1.54, 1.807) is 0 Å². The molecule has 1 aliphatic heterocycles. The second-order valence-corrected chi connectivity index (χ2v) is 7.05. The molecule has 23 heavy (non-hydrogen) atoms. The maximum Gasteiger partial charge on any atom is 0.407 e. The normalized spacial score (nSPS) is 20.3. The monoisotopic (exact) mass is 320 g/mol. The van der Waals surface area contributed by atoms with Crippen LogP contribution in [0.1, 0.15) is 38.8 Å². The van der Waals surface area contributed by atoms with E-state index in [2.05, 4.69) is 10.2 Å². The number of anilines is 1. The van der Waals surface area contributed by atoms with Crippen molar-refractivity contribution in [1.29, 1.82) is 0 Å². The van der Waals surface area contributed by atoms with Crippen LogP contribution in [0.4, 0.5) is 10.5 Å². The highest BCUT2D eigenvalue weighted by Crippen LogP contribution is 2.25. The molecule has 1 saturated heterocycles. The first-order valence-corrected chi connectivity index (χ1v) is 8.07. The molecule has 1 aromatic rings. The summed E-state index contributed by atoms with van der Waals surface area (Å²) in [4.78, 5) is 14.2. The summed E-state index contributed by atoms with van der Waals surface area (Å²) in [6, 6.07) is 8.02. The molecular formula is C17H28N4O2. The van der Waals surface area contributed by atoms with Crippen molar-refractivity contribution in [1.82, 2.24) is 10.2 Å². The first-order chi connectivity index (χ1) is 10.8. The van der Waals surface area contributed by atoms with Gasteiger partial charge in [0.15, 0.2) is 0 Å². The number of nitrogens with two attached hydrogens (primary N) is 2. The maximum absolute atomic E-state index is 11.9. The zero-order valence-corrected chi connectivity index (χ0v) is 14.2. The van der Waals surface area contributed by atoms with Gasteiger partial charge in [-0.05, 0) is 44.9 Å². The average molecular weight is 320 g/mol. The van der Waals surface area contributed by atoms with Gasteiger partial charge in [-0.1, -0.05) is 12.1 Å². The molecule has 2 atom stereocenters. The number of carbonyl (C=O) groups excluding carboxylic acids is 1. The molecule has 1 amide bonds. The van der Waals surface area contributed by atoms with Crippen LogP contribution in [0.25, 0.3) is 0 Å². The summed E-state index contributed by atoms with van der Waals surface area (Å²) in [7, 11) is 0. The Kier molecular flexibility index (Phi) is 5.49. The Balaban J connectivity index is 1.94. The number of hydrogen-bond donors (Lipinski definition) is 3. The quantitative estimate of drug-likeness (QED) is 0.736. The molecule has 1 aromatic carbocycles. The summed E-state index contributed by atoms with van der Waals surface area (Å²) in [5.74, 6) is 0. The predicted octanol–water partition coefficient (Wildman–Crippen LogP) is 1.87. The summed E-state index contributed by atoms with van der Waals surface area (Å²) >= 11 is 0. The van der Waals surface area contributed by atoms with Crippen LogP contribution in [0.3, 0.4) is 0 Å². The minimum Gasteiger partial charge on any atom is -0.444 e. The Hall–Kier alpha value is -1.79. The fraction of sp³-hybridized carbons (Fsp3) is 0.588. The van der Waals surface area contributed by atoms with E-state index in [4.69, 9.17) is 16.2 Å². The molecule has 1 aliphatic rings. The van der Waals surface area contributed by atoms with Gasteiger partial charge in [0.2, 0.25) is 0 Å². The van der Waals surface area contributed by atoms with Crippen LogP contribution in [0.2, 0.25) is 0 Å². The lowest BCUT2D eigenvalue weighted by Gasteiger charge is -2.27. The standard InChI is InChI=1S/C17H28N4O2/c1-17(2,3)23-16(22)20-14-7-8-21(11-14)15(10-18)12-5-4-6-13(19)9-12/h4-6,9,14-15H,7-8,10-11,18-19H2,1-3H3,(H,20,22)/t14-,15-/m1/s1. The van der Waals surface area contributed by atoms with Crippen molar-refractivity contribution in [3.8, 4) is 0 Å². The van der Waals surface area contributed by atoms with E-state index in [1.165, 1.54) is 0 Å². The molecule has 0 radical (unpaired) electrons. The molecule has 0 bridgehead atoms. The Labute approximate surface area is 138 Å². The lowest BCUT2D eigenvalue weighted by molar-refractivity contribution is 0.0504. The van der Waals surface area contributed by atoms with Crippen LogP contribution in [0.5, 0.6) is 0 Å². The Morgan fingerprint density at radius 1 is 1.48 bits per heavy atom. The molecule has 2 rings (SSSR count). The van der Waals surface area contributed by atoms with Gasteiger partial charge in [-0.25, -0.2) is 4.79 Å². The third kappa shape index (κ3) is 5.11. The summed E-state index contributed by atoms with van der Waals surface area (Å²) in [5.41, 5.74) is 13.2. The Bertz CT molecular complexity index is 542. The van der Waals surface area contributed by atoms with Gasteiger partial charge in [0, 0.05) is 37.4 Å². The number of nitrogens with zero attached hydrogens (tertiary/aromatic N) is 1. The average Bonchev–Trinajstić information content (AvgIpc) is 2.85. The van der Waals surface area contributed by atoms with Gasteiger partial charge in [0.05, 0.1) is 0 Å². The summed E-state index contributed by atoms with van der Waals surface area (Å²) < 4.78 is 5.31. The van der Waals surface area contributed by atoms with Crippen molar-refractivity contribution in [3.05, 3.63) is 29.8 Å². The van der Waals surface area contributed by atoms with E-state index in [-0.39, 0.29) is 18.2 Å². The van der Waals surface area contributed by atoms with Gasteiger partial charge in [-0.2, -0.15) is 0 Å². The maximum atomic E-state index is 11.9. The predicted molar refractivity (Wildman–Crippen MR) is 92.0 cm³/mol. The lowest BCUT2D eigenvalue weighted by atomic mass is 10.1. The highest BCUT2D eigenvalue weighted by Gasteiger charge is 2.30. The van der Waals surface area contributed by atoms with E-state index in [0.29, 0.717) is 6.54 Å². The molecule has 0 unspecified atom stereocenters. The van der Waals surface area contributed by atoms with Crippen molar-refractivity contribution in [3.63, 3.8) is 0 Å². The number of nitrogens with one attached hydrogen (secondary N) is 1. The van der Waals surface area contributed by atoms with Crippen molar-refractivity contribution < 1.29 is 9.53 Å². The van der Waals surface area contributed by atoms with Gasteiger partial charge in [0.1, 0.15) is 5.60 Å². The second kappa shape index (κ2) is 7.19. The number of hydrogen-bond acceptors (Lipinski definition) is 5. The number of rotatable bonds is 4. The smallest absolute Gasteiger partial charge is 0.407 e. The minimum atomic E-state index is -0.482. The van der Waals surface area contributed by atoms with Crippen molar-refractivity contribution in [2.75, 3.05) is 25.4 Å². The van der Waals surface area contributed by atoms with E-state index in [0.717, 1.165) is 30.8 Å². The number of alkyl carbamates (subject to hydrolysis) is 1. The number of likely N-dealkylation sites (tertiary alicyclic amines) is 1. The summed E-state index contributed by atoms with van der Waals surface area (Å²) in [6.45, 7) is 7.74. The highest BCUT2D eigenvalue weighted by atomic mass is 16.6. The van der Waals surface area contributed by atoms with E-state index < -0.39 is 5.60 Å². The highest BCUT2D eigenvalue weighted by molar-refractivity contribution is 5.68. The van der Waals surface area contributed by atoms with E-state index >= 15 is 0 Å². The van der Waals surface area contributed by atoms with Crippen molar-refractivity contribution in [2.24, 2.45) is 5.73 Å². The van der Waals surface area contributed by atoms with Gasteiger partial charge >= 0.3 is 6.09 Å². The molecule has 0 aliphatic carbocycles. The first kappa shape index (κ1) is 17.6. The fourth-order valence-electron chi connectivity index (χ4n) is 2.92. The van der Waals surface area contributed by atoms with Crippen LogP contribution in [0, 0.1) is 0 Å². The topological polar surface area (TPSA) is 93.6 Å². The number of amides is 1. The lowest BCUT2D eigenvalue weighted by Crippen LogP contribution is -2.41. The molecule has 6 heteroatoms. The number of carbonyl (C=O) groups is 1. The SMILES string of the molecule is CC(C)(C)OC(=O)N[C@@H]1CCN([C@H](CN)c2cccc(N)c2)C1. The van der Waals surface area contributed by atoms with Crippen LogP contribution < -0.4 is 16.8 Å². The number of ether oxygens (including phenoxy) is 1. The van der Waals surface area contributed by atoms with Gasteiger partial charge in [0.25, 0.3) is 0 Å². The third-order valence-corrected chi connectivity index (χ3v) is 3.90. The molecule has 5 N–H and O–H groups in total. The molecular weight excluding hydrogens is 292 g/mol. The summed E-state index contributed by atoms with van der Waals surface area (Å²) in [6.07, 6.45) is 0.524. The molecule has 1 heterocycles. The molecule has 6 nitrogen and oxygen atoms in total. The fourth-order valence-corrected chi connectivity index (χ4v) is 2.92. The van der Waals surface area contributed by atoms with Crippen LogP contribution in [-0.2, 0) is 4.74 Å². The summed E-state index contributed by atoms with van der Waals surface area (Å²) in [5, 5.41) is 2.94.